The molecular formula is C10H17NO6. The average Bonchev–Trinajstić information content (AvgIpc) is 2.14. The van der Waals surface area contributed by atoms with Gasteiger partial charge in [-0.05, 0) is 12.3 Å². The predicted molar refractivity (Wildman–Crippen MR) is 57.9 cm³/mol. The van der Waals surface area contributed by atoms with E-state index in [1.807, 2.05) is 13.8 Å². The monoisotopic (exact) mass is 247 g/mol. The summed E-state index contributed by atoms with van der Waals surface area (Å²) in [6, 6.07) is -1.54. The van der Waals surface area contributed by atoms with Crippen molar-refractivity contribution in [1.82, 2.24) is 4.90 Å². The summed E-state index contributed by atoms with van der Waals surface area (Å²) in [6.45, 7) is 3.75. The second-order valence-corrected chi connectivity index (χ2v) is 4.11. The van der Waals surface area contributed by atoms with Crippen LogP contribution in [0.1, 0.15) is 26.7 Å². The van der Waals surface area contributed by atoms with E-state index >= 15 is 0 Å². The Kier molecular flexibility index (Phi) is 6.01. The van der Waals surface area contributed by atoms with Gasteiger partial charge in [0.05, 0.1) is 6.42 Å². The van der Waals surface area contributed by atoms with Crippen molar-refractivity contribution in [2.75, 3.05) is 6.54 Å². The number of hydrogen-bond acceptors (Lipinski definition) is 3. The maximum Gasteiger partial charge on any atom is 0.408 e. The molecular weight excluding hydrogens is 230 g/mol. The molecule has 0 aromatic rings. The van der Waals surface area contributed by atoms with E-state index in [0.717, 1.165) is 0 Å². The summed E-state index contributed by atoms with van der Waals surface area (Å²) in [5.41, 5.74) is 0. The van der Waals surface area contributed by atoms with E-state index in [2.05, 4.69) is 0 Å². The van der Waals surface area contributed by atoms with Gasteiger partial charge in [0, 0.05) is 6.54 Å². The van der Waals surface area contributed by atoms with Gasteiger partial charge in [0.2, 0.25) is 0 Å². The van der Waals surface area contributed by atoms with Gasteiger partial charge in [-0.25, -0.2) is 9.59 Å². The molecule has 0 spiro atoms. The minimum absolute atomic E-state index is 0.0112. The Morgan fingerprint density at radius 2 is 1.65 bits per heavy atom. The third kappa shape index (κ3) is 5.74. The normalized spacial score (nSPS) is 12.2. The summed E-state index contributed by atoms with van der Waals surface area (Å²) < 4.78 is 0. The molecule has 0 radical (unpaired) electrons. The quantitative estimate of drug-likeness (QED) is 0.616. The van der Waals surface area contributed by atoms with Crippen molar-refractivity contribution in [3.05, 3.63) is 0 Å². The maximum absolute atomic E-state index is 10.9. The van der Waals surface area contributed by atoms with E-state index in [4.69, 9.17) is 15.3 Å². The van der Waals surface area contributed by atoms with Crippen LogP contribution < -0.4 is 0 Å². The molecule has 0 aromatic carbocycles. The molecule has 1 amide bonds. The lowest BCUT2D eigenvalue weighted by Crippen LogP contribution is -2.46. The van der Waals surface area contributed by atoms with E-state index in [9.17, 15) is 14.4 Å². The standard InChI is InChI=1S/C10H17NO6/c1-6(2)3-4-11(10(16)17)7(9(14)15)5-8(12)13/h6-7H,3-5H2,1-2H3,(H,12,13)(H,14,15)(H,16,17). The first-order chi connectivity index (χ1) is 7.75. The van der Waals surface area contributed by atoms with Crippen molar-refractivity contribution in [3.8, 4) is 0 Å². The molecule has 0 saturated carbocycles. The average molecular weight is 247 g/mol. The molecule has 0 rings (SSSR count). The van der Waals surface area contributed by atoms with Crippen LogP contribution >= 0.6 is 0 Å². The Morgan fingerprint density at radius 1 is 1.12 bits per heavy atom. The fraction of sp³-hybridized carbons (Fsp3) is 0.700. The van der Waals surface area contributed by atoms with E-state index in [-0.39, 0.29) is 12.5 Å². The van der Waals surface area contributed by atoms with Crippen LogP contribution in [-0.4, -0.2) is 50.8 Å². The lowest BCUT2D eigenvalue weighted by molar-refractivity contribution is -0.149. The maximum atomic E-state index is 10.9. The lowest BCUT2D eigenvalue weighted by atomic mass is 10.1. The van der Waals surface area contributed by atoms with Gasteiger partial charge in [0.15, 0.2) is 0 Å². The summed E-state index contributed by atoms with van der Waals surface area (Å²) in [4.78, 5) is 32.9. The Labute approximate surface area is 98.7 Å². The molecule has 0 aliphatic heterocycles. The van der Waals surface area contributed by atoms with Crippen LogP contribution in [0, 0.1) is 5.92 Å². The van der Waals surface area contributed by atoms with Crippen molar-refractivity contribution in [1.29, 1.82) is 0 Å². The first-order valence-electron chi connectivity index (χ1n) is 5.19. The van der Waals surface area contributed by atoms with Gasteiger partial charge in [-0.1, -0.05) is 13.8 Å². The van der Waals surface area contributed by atoms with Crippen molar-refractivity contribution in [3.63, 3.8) is 0 Å². The second kappa shape index (κ2) is 6.72. The molecule has 1 atom stereocenters. The molecule has 0 fully saturated rings. The second-order valence-electron chi connectivity index (χ2n) is 4.11. The molecule has 0 saturated heterocycles. The zero-order valence-electron chi connectivity index (χ0n) is 9.79. The summed E-state index contributed by atoms with van der Waals surface area (Å²) in [5.74, 6) is -2.58. The van der Waals surface area contributed by atoms with Crippen molar-refractivity contribution in [2.45, 2.75) is 32.7 Å². The van der Waals surface area contributed by atoms with Gasteiger partial charge in [-0.15, -0.1) is 0 Å². The van der Waals surface area contributed by atoms with Crippen LogP contribution in [0.15, 0.2) is 0 Å². The van der Waals surface area contributed by atoms with Gasteiger partial charge in [-0.2, -0.15) is 0 Å². The topological polar surface area (TPSA) is 115 Å². The SMILES string of the molecule is CC(C)CCN(C(=O)O)C(CC(=O)O)C(=O)O. The fourth-order valence-electron chi connectivity index (χ4n) is 1.28. The Hall–Kier alpha value is -1.79. The molecule has 0 bridgehead atoms. The van der Waals surface area contributed by atoms with Gasteiger partial charge in [0.25, 0.3) is 0 Å². The highest BCUT2D eigenvalue weighted by Crippen LogP contribution is 2.10. The summed E-state index contributed by atoms with van der Waals surface area (Å²) in [5, 5.41) is 26.3. The number of hydrogen-bond donors (Lipinski definition) is 3. The molecule has 3 N–H and O–H groups in total. The number of carbonyl (C=O) groups is 3. The summed E-state index contributed by atoms with van der Waals surface area (Å²) >= 11 is 0. The molecule has 0 heterocycles. The van der Waals surface area contributed by atoms with E-state index < -0.39 is 30.5 Å². The number of nitrogens with zero attached hydrogens (tertiary/aromatic N) is 1. The summed E-state index contributed by atoms with van der Waals surface area (Å²) in [7, 11) is 0. The van der Waals surface area contributed by atoms with Crippen LogP contribution in [0.5, 0.6) is 0 Å². The molecule has 0 aromatic heterocycles. The van der Waals surface area contributed by atoms with Gasteiger partial charge >= 0.3 is 18.0 Å². The lowest BCUT2D eigenvalue weighted by Gasteiger charge is -2.25. The largest absolute Gasteiger partial charge is 0.481 e. The first-order valence-corrected chi connectivity index (χ1v) is 5.19. The van der Waals surface area contributed by atoms with Crippen LogP contribution in [0.4, 0.5) is 4.79 Å². The van der Waals surface area contributed by atoms with Crippen LogP contribution in [0.3, 0.4) is 0 Å². The zero-order chi connectivity index (χ0) is 13.6. The zero-order valence-corrected chi connectivity index (χ0v) is 9.79. The van der Waals surface area contributed by atoms with Crippen LogP contribution in [0.2, 0.25) is 0 Å². The Morgan fingerprint density at radius 3 is 1.94 bits per heavy atom. The van der Waals surface area contributed by atoms with Crippen LogP contribution in [-0.2, 0) is 9.59 Å². The Balaban J connectivity index is 4.77. The highest BCUT2D eigenvalue weighted by atomic mass is 16.4. The highest BCUT2D eigenvalue weighted by molar-refractivity contribution is 5.84. The molecule has 98 valence electrons. The number of rotatable bonds is 7. The number of amides is 1. The third-order valence-electron chi connectivity index (χ3n) is 2.22. The predicted octanol–water partition coefficient (Wildman–Crippen LogP) is 0.940. The first kappa shape index (κ1) is 15.2. The fourth-order valence-corrected chi connectivity index (χ4v) is 1.28. The summed E-state index contributed by atoms with van der Waals surface area (Å²) in [6.07, 6.45) is -1.67. The number of carboxylic acid groups (broad SMARTS) is 3. The molecule has 7 heteroatoms. The van der Waals surface area contributed by atoms with E-state index in [1.165, 1.54) is 0 Å². The Bertz CT molecular complexity index is 301. The highest BCUT2D eigenvalue weighted by Gasteiger charge is 2.31. The van der Waals surface area contributed by atoms with Crippen molar-refractivity contribution >= 4 is 18.0 Å². The minimum Gasteiger partial charge on any atom is -0.481 e. The van der Waals surface area contributed by atoms with Crippen molar-refractivity contribution < 1.29 is 29.7 Å². The van der Waals surface area contributed by atoms with Gasteiger partial charge < -0.3 is 15.3 Å². The third-order valence-corrected chi connectivity index (χ3v) is 2.22. The van der Waals surface area contributed by atoms with Crippen molar-refractivity contribution in [2.24, 2.45) is 5.92 Å². The van der Waals surface area contributed by atoms with E-state index in [1.54, 1.807) is 0 Å². The molecule has 1 unspecified atom stereocenters. The van der Waals surface area contributed by atoms with Crippen LogP contribution in [0.25, 0.3) is 0 Å². The molecule has 17 heavy (non-hydrogen) atoms. The smallest absolute Gasteiger partial charge is 0.408 e. The molecule has 7 nitrogen and oxygen atoms in total. The number of carboxylic acids is 2. The van der Waals surface area contributed by atoms with E-state index in [0.29, 0.717) is 11.3 Å². The van der Waals surface area contributed by atoms with Gasteiger partial charge in [0.1, 0.15) is 6.04 Å². The molecule has 0 aliphatic carbocycles. The number of aliphatic carboxylic acids is 2. The van der Waals surface area contributed by atoms with Gasteiger partial charge in [-0.3, -0.25) is 9.69 Å². The minimum atomic E-state index is -1.54. The molecule has 0 aliphatic rings.